The summed E-state index contributed by atoms with van der Waals surface area (Å²) in [4.78, 5) is 31.4. The second-order valence-electron chi connectivity index (χ2n) is 2.73. The van der Waals surface area contributed by atoms with Gasteiger partial charge >= 0.3 is 5.97 Å². The van der Waals surface area contributed by atoms with E-state index < -0.39 is 5.97 Å². The number of allylic oxidation sites excluding steroid dienone is 1. The maximum absolute atomic E-state index is 10.9. The number of rotatable bonds is 6. The molecule has 0 aliphatic carbocycles. The molecule has 0 fully saturated rings. The predicted molar refractivity (Wildman–Crippen MR) is 49.7 cm³/mol. The molecule has 5 heteroatoms. The maximum Gasteiger partial charge on any atom is 0.303 e. The molecule has 0 aromatic rings. The van der Waals surface area contributed by atoms with E-state index in [2.05, 4.69) is 5.32 Å². The first-order chi connectivity index (χ1) is 6.52. The molecule has 14 heavy (non-hydrogen) atoms. The number of hydrogen-bond acceptors (Lipinski definition) is 3. The van der Waals surface area contributed by atoms with Gasteiger partial charge in [0.25, 0.3) is 0 Å². The van der Waals surface area contributed by atoms with Crippen LogP contribution in [0.1, 0.15) is 19.8 Å². The van der Waals surface area contributed by atoms with E-state index in [0.717, 1.165) is 12.2 Å². The average molecular weight is 199 g/mol. The maximum atomic E-state index is 10.9. The Morgan fingerprint density at radius 1 is 1.29 bits per heavy atom. The summed E-state index contributed by atoms with van der Waals surface area (Å²) >= 11 is 0. The highest BCUT2D eigenvalue weighted by molar-refractivity contribution is 5.96. The minimum absolute atomic E-state index is 0.0245. The van der Waals surface area contributed by atoms with E-state index in [0.29, 0.717) is 13.0 Å². The number of amides is 1. The molecule has 0 bridgehead atoms. The van der Waals surface area contributed by atoms with E-state index in [4.69, 9.17) is 5.11 Å². The fourth-order valence-corrected chi connectivity index (χ4v) is 0.703. The summed E-state index contributed by atoms with van der Waals surface area (Å²) in [6, 6.07) is 0. The molecule has 0 aromatic carbocycles. The Kier molecular flexibility index (Phi) is 6.02. The number of nitrogens with one attached hydrogen (secondary N) is 1. The van der Waals surface area contributed by atoms with Crippen molar-refractivity contribution in [3.63, 3.8) is 0 Å². The van der Waals surface area contributed by atoms with Crippen LogP contribution in [0.15, 0.2) is 12.2 Å². The Bertz CT molecular complexity index is 258. The van der Waals surface area contributed by atoms with Crippen molar-refractivity contribution < 1.29 is 19.5 Å². The van der Waals surface area contributed by atoms with E-state index in [1.54, 1.807) is 0 Å². The number of hydrogen-bond donors (Lipinski definition) is 2. The zero-order chi connectivity index (χ0) is 11.0. The molecular weight excluding hydrogens is 186 g/mol. The van der Waals surface area contributed by atoms with Crippen LogP contribution >= 0.6 is 0 Å². The second-order valence-corrected chi connectivity index (χ2v) is 2.73. The van der Waals surface area contributed by atoms with Crippen molar-refractivity contribution in [1.82, 2.24) is 5.32 Å². The van der Waals surface area contributed by atoms with Crippen molar-refractivity contribution >= 4 is 17.7 Å². The van der Waals surface area contributed by atoms with Crippen LogP contribution in [0.3, 0.4) is 0 Å². The van der Waals surface area contributed by atoms with Crippen molar-refractivity contribution in [2.75, 3.05) is 6.54 Å². The highest BCUT2D eigenvalue weighted by Gasteiger charge is 1.98. The zero-order valence-corrected chi connectivity index (χ0v) is 7.95. The van der Waals surface area contributed by atoms with Gasteiger partial charge in [0.1, 0.15) is 0 Å². The van der Waals surface area contributed by atoms with Crippen LogP contribution in [-0.4, -0.2) is 29.3 Å². The Morgan fingerprint density at radius 2 is 1.93 bits per heavy atom. The fraction of sp³-hybridized carbons (Fsp3) is 0.444. The minimum Gasteiger partial charge on any atom is -0.481 e. The lowest BCUT2D eigenvalue weighted by Crippen LogP contribution is -2.22. The summed E-state index contributed by atoms with van der Waals surface area (Å²) in [5.74, 6) is -1.48. The quantitative estimate of drug-likeness (QED) is 0.470. The van der Waals surface area contributed by atoms with E-state index in [1.165, 1.54) is 6.92 Å². The van der Waals surface area contributed by atoms with Crippen LogP contribution < -0.4 is 5.32 Å². The summed E-state index contributed by atoms with van der Waals surface area (Å²) in [6.07, 6.45) is 2.70. The summed E-state index contributed by atoms with van der Waals surface area (Å²) in [6.45, 7) is 1.64. The largest absolute Gasteiger partial charge is 0.481 e. The smallest absolute Gasteiger partial charge is 0.303 e. The number of carbonyl (C=O) groups is 3. The van der Waals surface area contributed by atoms with Gasteiger partial charge in [0.2, 0.25) is 5.91 Å². The molecule has 78 valence electrons. The summed E-state index contributed by atoms with van der Waals surface area (Å²) in [5.41, 5.74) is 0. The predicted octanol–water partition coefficient (Wildman–Crippen LogP) is 0.113. The molecule has 0 atom stereocenters. The second kappa shape index (κ2) is 6.82. The molecule has 5 nitrogen and oxygen atoms in total. The van der Waals surface area contributed by atoms with Gasteiger partial charge < -0.3 is 10.4 Å². The molecule has 0 saturated heterocycles. The van der Waals surface area contributed by atoms with Crippen LogP contribution in [0, 0.1) is 0 Å². The molecule has 0 heterocycles. The highest BCUT2D eigenvalue weighted by Crippen LogP contribution is 1.86. The van der Waals surface area contributed by atoms with Gasteiger partial charge in [-0.2, -0.15) is 0 Å². The molecule has 0 rings (SSSR count). The van der Waals surface area contributed by atoms with Crippen molar-refractivity contribution in [2.45, 2.75) is 19.8 Å². The van der Waals surface area contributed by atoms with Gasteiger partial charge in [0, 0.05) is 19.0 Å². The van der Waals surface area contributed by atoms with Crippen molar-refractivity contribution in [3.05, 3.63) is 12.2 Å². The van der Waals surface area contributed by atoms with Gasteiger partial charge in [-0.15, -0.1) is 0 Å². The van der Waals surface area contributed by atoms with Crippen LogP contribution in [0.4, 0.5) is 0 Å². The number of aliphatic carboxylic acids is 1. The zero-order valence-electron chi connectivity index (χ0n) is 7.95. The normalized spacial score (nSPS) is 10.1. The molecule has 0 aliphatic heterocycles. The molecular formula is C9H13NO4. The van der Waals surface area contributed by atoms with E-state index in [1.807, 2.05) is 0 Å². The van der Waals surface area contributed by atoms with Crippen molar-refractivity contribution in [3.8, 4) is 0 Å². The molecule has 1 amide bonds. The Labute approximate surface area is 81.8 Å². The average Bonchev–Trinajstić information content (AvgIpc) is 2.08. The lowest BCUT2D eigenvalue weighted by atomic mass is 10.3. The van der Waals surface area contributed by atoms with Crippen molar-refractivity contribution in [1.29, 1.82) is 0 Å². The van der Waals surface area contributed by atoms with Gasteiger partial charge in [0.05, 0.1) is 0 Å². The number of carbonyl (C=O) groups excluding carboxylic acids is 2. The lowest BCUT2D eigenvalue weighted by Gasteiger charge is -1.98. The summed E-state index contributed by atoms with van der Waals surface area (Å²) in [7, 11) is 0. The number of carboxylic acids is 1. The number of ketones is 1. The Hall–Kier alpha value is -1.65. The van der Waals surface area contributed by atoms with E-state index in [9.17, 15) is 14.4 Å². The molecule has 0 spiro atoms. The van der Waals surface area contributed by atoms with Crippen LogP contribution in [0.2, 0.25) is 0 Å². The molecule has 0 unspecified atom stereocenters. The van der Waals surface area contributed by atoms with Gasteiger partial charge in [-0.3, -0.25) is 14.4 Å². The molecule has 0 aliphatic rings. The first kappa shape index (κ1) is 12.3. The molecule has 2 N–H and O–H groups in total. The summed E-state index contributed by atoms with van der Waals surface area (Å²) < 4.78 is 0. The fourth-order valence-electron chi connectivity index (χ4n) is 0.703. The van der Waals surface area contributed by atoms with Gasteiger partial charge in [-0.05, 0) is 19.4 Å². The third-order valence-electron chi connectivity index (χ3n) is 1.34. The Balaban J connectivity index is 3.55. The molecule has 0 radical (unpaired) electrons. The van der Waals surface area contributed by atoms with Crippen molar-refractivity contribution in [2.24, 2.45) is 0 Å². The third kappa shape index (κ3) is 8.45. The number of carboxylic acid groups (broad SMARTS) is 1. The summed E-state index contributed by atoms with van der Waals surface area (Å²) in [5, 5.41) is 10.7. The first-order valence-corrected chi connectivity index (χ1v) is 4.20. The standard InChI is InChI=1S/C9H13NO4/c1-7(11)4-5-8(12)10-6-2-3-9(13)14/h4-5H,2-3,6H2,1H3,(H,10,12)(H,13,14)/b5-4+. The third-order valence-corrected chi connectivity index (χ3v) is 1.34. The van der Waals surface area contributed by atoms with Crippen LogP contribution in [0.5, 0.6) is 0 Å². The lowest BCUT2D eigenvalue weighted by molar-refractivity contribution is -0.137. The van der Waals surface area contributed by atoms with Crippen LogP contribution in [0.25, 0.3) is 0 Å². The molecule has 0 aromatic heterocycles. The Morgan fingerprint density at radius 3 is 2.43 bits per heavy atom. The molecule has 0 saturated carbocycles. The topological polar surface area (TPSA) is 83.5 Å². The van der Waals surface area contributed by atoms with E-state index in [-0.39, 0.29) is 18.1 Å². The minimum atomic E-state index is -0.890. The van der Waals surface area contributed by atoms with Gasteiger partial charge in [-0.25, -0.2) is 0 Å². The highest BCUT2D eigenvalue weighted by atomic mass is 16.4. The first-order valence-electron chi connectivity index (χ1n) is 4.20. The van der Waals surface area contributed by atoms with Gasteiger partial charge in [-0.1, -0.05) is 0 Å². The van der Waals surface area contributed by atoms with Crippen LogP contribution in [-0.2, 0) is 14.4 Å². The van der Waals surface area contributed by atoms with E-state index >= 15 is 0 Å². The monoisotopic (exact) mass is 199 g/mol. The van der Waals surface area contributed by atoms with Gasteiger partial charge in [0.15, 0.2) is 5.78 Å². The SMILES string of the molecule is CC(=O)/C=C/C(=O)NCCCC(=O)O.